The third-order valence-electron chi connectivity index (χ3n) is 4.50. The number of aryl methyl sites for hydroxylation is 1. The molecule has 6 heteroatoms. The minimum atomic E-state index is -0.785. The SMILES string of the molecule is Cc1ccccc1CN1CCN2C(=O)[C@@H](CO)NC(=O)[C@H]2C1. The van der Waals surface area contributed by atoms with Gasteiger partial charge in [-0.1, -0.05) is 24.3 Å². The Bertz CT molecular complexity index is 590. The molecular formula is C16H21N3O3. The molecule has 1 aromatic rings. The second-order valence-corrected chi connectivity index (χ2v) is 5.95. The number of amides is 2. The number of benzene rings is 1. The van der Waals surface area contributed by atoms with E-state index in [1.54, 1.807) is 4.90 Å². The summed E-state index contributed by atoms with van der Waals surface area (Å²) in [5, 5.41) is 11.8. The molecule has 0 aliphatic carbocycles. The van der Waals surface area contributed by atoms with Crippen molar-refractivity contribution in [1.82, 2.24) is 15.1 Å². The van der Waals surface area contributed by atoms with Crippen LogP contribution in [0.2, 0.25) is 0 Å². The Balaban J connectivity index is 1.70. The third kappa shape index (κ3) is 2.71. The van der Waals surface area contributed by atoms with Gasteiger partial charge in [0.15, 0.2) is 0 Å². The first-order chi connectivity index (χ1) is 10.6. The maximum atomic E-state index is 12.2. The van der Waals surface area contributed by atoms with E-state index in [9.17, 15) is 14.7 Å². The standard InChI is InChI=1S/C16H21N3O3/c1-11-4-2-3-5-12(11)8-18-6-7-19-14(9-18)15(21)17-13(10-20)16(19)22/h2-5,13-14,20H,6-10H2,1H3,(H,17,21)/t13-,14-/m1/s1. The summed E-state index contributed by atoms with van der Waals surface area (Å²) in [6, 6.07) is 6.96. The predicted octanol–water partition coefficient (Wildman–Crippen LogP) is -0.501. The van der Waals surface area contributed by atoms with Gasteiger partial charge in [-0.3, -0.25) is 14.5 Å². The third-order valence-corrected chi connectivity index (χ3v) is 4.50. The van der Waals surface area contributed by atoms with Gasteiger partial charge in [-0.05, 0) is 18.1 Å². The number of carbonyl (C=O) groups excluding carboxylic acids is 2. The number of hydrogen-bond acceptors (Lipinski definition) is 4. The van der Waals surface area contributed by atoms with E-state index in [1.165, 1.54) is 11.1 Å². The maximum Gasteiger partial charge on any atom is 0.248 e. The van der Waals surface area contributed by atoms with Crippen molar-refractivity contribution in [2.45, 2.75) is 25.6 Å². The van der Waals surface area contributed by atoms with E-state index in [1.807, 2.05) is 12.1 Å². The summed E-state index contributed by atoms with van der Waals surface area (Å²) >= 11 is 0. The van der Waals surface area contributed by atoms with Gasteiger partial charge in [-0.25, -0.2) is 0 Å². The molecule has 0 radical (unpaired) electrons. The summed E-state index contributed by atoms with van der Waals surface area (Å²) < 4.78 is 0. The van der Waals surface area contributed by atoms with Gasteiger partial charge >= 0.3 is 0 Å². The number of carbonyl (C=O) groups is 2. The van der Waals surface area contributed by atoms with E-state index < -0.39 is 12.1 Å². The molecule has 2 saturated heterocycles. The number of rotatable bonds is 3. The molecule has 2 amide bonds. The molecule has 22 heavy (non-hydrogen) atoms. The van der Waals surface area contributed by atoms with Crippen LogP contribution in [0.5, 0.6) is 0 Å². The van der Waals surface area contributed by atoms with Gasteiger partial charge in [0.1, 0.15) is 12.1 Å². The summed E-state index contributed by atoms with van der Waals surface area (Å²) in [5.74, 6) is -0.351. The zero-order valence-electron chi connectivity index (χ0n) is 12.7. The van der Waals surface area contributed by atoms with E-state index in [2.05, 4.69) is 29.3 Å². The summed E-state index contributed by atoms with van der Waals surface area (Å²) in [4.78, 5) is 28.2. The van der Waals surface area contributed by atoms with Crippen molar-refractivity contribution in [1.29, 1.82) is 0 Å². The molecule has 2 atom stereocenters. The number of hydrogen-bond donors (Lipinski definition) is 2. The second-order valence-electron chi connectivity index (χ2n) is 5.95. The molecule has 0 bridgehead atoms. The van der Waals surface area contributed by atoms with Crippen molar-refractivity contribution in [3.63, 3.8) is 0 Å². The zero-order chi connectivity index (χ0) is 15.7. The van der Waals surface area contributed by atoms with Crippen molar-refractivity contribution in [2.24, 2.45) is 0 Å². The van der Waals surface area contributed by atoms with Gasteiger partial charge in [0.05, 0.1) is 6.61 Å². The second kappa shape index (κ2) is 6.06. The molecule has 2 aliphatic rings. The molecule has 1 aromatic carbocycles. The lowest BCUT2D eigenvalue weighted by Crippen LogP contribution is -2.69. The summed E-state index contributed by atoms with van der Waals surface area (Å²) in [7, 11) is 0. The molecule has 0 spiro atoms. The molecular weight excluding hydrogens is 282 g/mol. The fourth-order valence-electron chi connectivity index (χ4n) is 3.15. The van der Waals surface area contributed by atoms with Crippen LogP contribution in [-0.4, -0.2) is 65.0 Å². The fourth-order valence-corrected chi connectivity index (χ4v) is 3.15. The minimum absolute atomic E-state index is 0.173. The minimum Gasteiger partial charge on any atom is -0.394 e. The summed E-state index contributed by atoms with van der Waals surface area (Å²) in [6.45, 7) is 4.31. The average molecular weight is 303 g/mol. The van der Waals surface area contributed by atoms with E-state index in [0.717, 1.165) is 13.1 Å². The highest BCUT2D eigenvalue weighted by Crippen LogP contribution is 2.19. The quantitative estimate of drug-likeness (QED) is 0.789. The highest BCUT2D eigenvalue weighted by molar-refractivity contribution is 5.97. The van der Waals surface area contributed by atoms with Crippen LogP contribution in [-0.2, 0) is 16.1 Å². The lowest BCUT2D eigenvalue weighted by atomic mass is 10.0. The molecule has 0 saturated carbocycles. The van der Waals surface area contributed by atoms with E-state index in [4.69, 9.17) is 0 Å². The molecule has 6 nitrogen and oxygen atoms in total. The highest BCUT2D eigenvalue weighted by Gasteiger charge is 2.43. The van der Waals surface area contributed by atoms with Crippen LogP contribution in [0, 0.1) is 6.92 Å². The van der Waals surface area contributed by atoms with Crippen molar-refractivity contribution >= 4 is 11.8 Å². The van der Waals surface area contributed by atoms with Gasteiger partial charge < -0.3 is 15.3 Å². The predicted molar refractivity (Wildman–Crippen MR) is 81.0 cm³/mol. The Morgan fingerprint density at radius 2 is 2.05 bits per heavy atom. The first-order valence-electron chi connectivity index (χ1n) is 7.58. The molecule has 2 heterocycles. The summed E-state index contributed by atoms with van der Waals surface area (Å²) in [5.41, 5.74) is 2.47. The molecule has 2 N–H and O–H groups in total. The van der Waals surface area contributed by atoms with Crippen molar-refractivity contribution < 1.29 is 14.7 Å². The summed E-state index contributed by atoms with van der Waals surface area (Å²) in [6.07, 6.45) is 0. The Labute approximate surface area is 129 Å². The Morgan fingerprint density at radius 3 is 2.77 bits per heavy atom. The maximum absolute atomic E-state index is 12.2. The number of nitrogens with zero attached hydrogens (tertiary/aromatic N) is 2. The Kier molecular flexibility index (Phi) is 4.13. The number of fused-ring (bicyclic) bond motifs is 1. The molecule has 0 aromatic heterocycles. The number of aliphatic hydroxyl groups is 1. The van der Waals surface area contributed by atoms with E-state index >= 15 is 0 Å². The smallest absolute Gasteiger partial charge is 0.248 e. The normalized spacial score (nSPS) is 25.8. The number of nitrogens with one attached hydrogen (secondary N) is 1. The van der Waals surface area contributed by atoms with Crippen LogP contribution < -0.4 is 5.32 Å². The molecule has 3 rings (SSSR count). The van der Waals surface area contributed by atoms with Crippen LogP contribution in [0.4, 0.5) is 0 Å². The van der Waals surface area contributed by atoms with Crippen LogP contribution in [0.15, 0.2) is 24.3 Å². The van der Waals surface area contributed by atoms with Crippen molar-refractivity contribution in [3.8, 4) is 0 Å². The largest absolute Gasteiger partial charge is 0.394 e. The lowest BCUT2D eigenvalue weighted by Gasteiger charge is -2.45. The van der Waals surface area contributed by atoms with Crippen molar-refractivity contribution in [2.75, 3.05) is 26.2 Å². The number of aliphatic hydroxyl groups excluding tert-OH is 1. The molecule has 0 unspecified atom stereocenters. The topological polar surface area (TPSA) is 72.9 Å². The Hall–Kier alpha value is -1.92. The zero-order valence-corrected chi connectivity index (χ0v) is 12.7. The van der Waals surface area contributed by atoms with Gasteiger partial charge in [-0.15, -0.1) is 0 Å². The highest BCUT2D eigenvalue weighted by atomic mass is 16.3. The molecule has 2 aliphatic heterocycles. The van der Waals surface area contributed by atoms with Gasteiger partial charge in [0, 0.05) is 26.2 Å². The van der Waals surface area contributed by atoms with Gasteiger partial charge in [0.2, 0.25) is 11.8 Å². The van der Waals surface area contributed by atoms with E-state index in [0.29, 0.717) is 13.1 Å². The van der Waals surface area contributed by atoms with E-state index in [-0.39, 0.29) is 18.4 Å². The van der Waals surface area contributed by atoms with Crippen LogP contribution >= 0.6 is 0 Å². The molecule has 118 valence electrons. The number of piperazine rings is 2. The Morgan fingerprint density at radius 1 is 1.27 bits per heavy atom. The first-order valence-corrected chi connectivity index (χ1v) is 7.58. The lowest BCUT2D eigenvalue weighted by molar-refractivity contribution is -0.154. The van der Waals surface area contributed by atoms with Gasteiger partial charge in [-0.2, -0.15) is 0 Å². The van der Waals surface area contributed by atoms with Gasteiger partial charge in [0.25, 0.3) is 0 Å². The van der Waals surface area contributed by atoms with Crippen LogP contribution in [0.25, 0.3) is 0 Å². The fraction of sp³-hybridized carbons (Fsp3) is 0.500. The first kappa shape index (κ1) is 15.0. The van der Waals surface area contributed by atoms with Crippen molar-refractivity contribution in [3.05, 3.63) is 35.4 Å². The van der Waals surface area contributed by atoms with Crippen LogP contribution in [0.3, 0.4) is 0 Å². The molecule has 2 fully saturated rings. The van der Waals surface area contributed by atoms with Crippen LogP contribution in [0.1, 0.15) is 11.1 Å². The monoisotopic (exact) mass is 303 g/mol. The average Bonchev–Trinajstić information content (AvgIpc) is 2.53.